The van der Waals surface area contributed by atoms with Crippen LogP contribution in [0.5, 0.6) is 0 Å². The van der Waals surface area contributed by atoms with Crippen molar-refractivity contribution < 1.29 is 9.53 Å². The lowest BCUT2D eigenvalue weighted by atomic mass is 9.97. The standard InChI is InChI=1S/C21H31N3O3S/c1-6-23(7-2)12-17-22-19-18(15-10-8-9-11-16(15)28-19)20(25)24(17)14(5)21(26)27-13(3)4/h13-14H,6-12H2,1-5H3. The molecule has 2 aromatic heterocycles. The van der Waals surface area contributed by atoms with E-state index in [1.807, 2.05) is 13.8 Å². The van der Waals surface area contributed by atoms with Crippen LogP contribution in [0.25, 0.3) is 10.2 Å². The second-order valence-corrected chi connectivity index (χ2v) is 8.80. The Kier molecular flexibility index (Phi) is 6.55. The van der Waals surface area contributed by atoms with E-state index in [4.69, 9.17) is 9.72 Å². The number of thiophene rings is 1. The highest BCUT2D eigenvalue weighted by Crippen LogP contribution is 2.34. The summed E-state index contributed by atoms with van der Waals surface area (Å²) in [6.07, 6.45) is 3.99. The fraction of sp³-hybridized carbons (Fsp3) is 0.667. The van der Waals surface area contributed by atoms with Crippen molar-refractivity contribution in [2.75, 3.05) is 13.1 Å². The zero-order valence-electron chi connectivity index (χ0n) is 17.6. The van der Waals surface area contributed by atoms with Gasteiger partial charge < -0.3 is 4.74 Å². The van der Waals surface area contributed by atoms with E-state index in [-0.39, 0.29) is 17.6 Å². The molecule has 0 radical (unpaired) electrons. The van der Waals surface area contributed by atoms with Gasteiger partial charge >= 0.3 is 5.97 Å². The number of esters is 1. The summed E-state index contributed by atoms with van der Waals surface area (Å²) in [5.41, 5.74) is 1.05. The highest BCUT2D eigenvalue weighted by atomic mass is 32.1. The number of hydrogen-bond acceptors (Lipinski definition) is 6. The summed E-state index contributed by atoms with van der Waals surface area (Å²) in [7, 11) is 0. The third-order valence-corrected chi connectivity index (χ3v) is 6.62. The number of nitrogens with zero attached hydrogens (tertiary/aromatic N) is 3. The molecule has 28 heavy (non-hydrogen) atoms. The van der Waals surface area contributed by atoms with Gasteiger partial charge in [-0.25, -0.2) is 9.78 Å². The van der Waals surface area contributed by atoms with Gasteiger partial charge in [-0.15, -0.1) is 11.3 Å². The maximum atomic E-state index is 13.6. The first kappa shape index (κ1) is 21.0. The second-order valence-electron chi connectivity index (χ2n) is 7.72. The summed E-state index contributed by atoms with van der Waals surface area (Å²) >= 11 is 1.65. The Morgan fingerprint density at radius 1 is 1.21 bits per heavy atom. The van der Waals surface area contributed by atoms with E-state index >= 15 is 0 Å². The number of hydrogen-bond donors (Lipinski definition) is 0. The third kappa shape index (κ3) is 4.01. The van der Waals surface area contributed by atoms with Crippen molar-refractivity contribution in [1.82, 2.24) is 14.5 Å². The van der Waals surface area contributed by atoms with Crippen molar-refractivity contribution in [2.45, 2.75) is 79.0 Å². The molecule has 2 aromatic rings. The van der Waals surface area contributed by atoms with E-state index in [1.54, 1.807) is 22.8 Å². The van der Waals surface area contributed by atoms with Gasteiger partial charge in [0.15, 0.2) is 0 Å². The van der Waals surface area contributed by atoms with E-state index < -0.39 is 6.04 Å². The number of fused-ring (bicyclic) bond motifs is 3. The van der Waals surface area contributed by atoms with E-state index in [2.05, 4.69) is 18.7 Å². The van der Waals surface area contributed by atoms with Crippen molar-refractivity contribution in [3.63, 3.8) is 0 Å². The molecule has 0 aromatic carbocycles. The molecule has 154 valence electrons. The highest BCUT2D eigenvalue weighted by Gasteiger charge is 2.27. The van der Waals surface area contributed by atoms with Gasteiger partial charge in [0.05, 0.1) is 18.0 Å². The molecule has 0 fully saturated rings. The van der Waals surface area contributed by atoms with E-state index in [1.165, 1.54) is 4.88 Å². The molecular weight excluding hydrogens is 374 g/mol. The first-order valence-corrected chi connectivity index (χ1v) is 11.2. The normalized spacial score (nSPS) is 15.2. The number of ether oxygens (including phenoxy) is 1. The Morgan fingerprint density at radius 2 is 1.89 bits per heavy atom. The zero-order chi connectivity index (χ0) is 20.4. The molecule has 0 saturated carbocycles. The van der Waals surface area contributed by atoms with E-state index in [0.717, 1.165) is 49.2 Å². The van der Waals surface area contributed by atoms with Crippen LogP contribution in [0.15, 0.2) is 4.79 Å². The molecule has 0 saturated heterocycles. The summed E-state index contributed by atoms with van der Waals surface area (Å²) < 4.78 is 6.98. The molecule has 0 spiro atoms. The van der Waals surface area contributed by atoms with Crippen molar-refractivity contribution in [3.05, 3.63) is 26.6 Å². The fourth-order valence-corrected chi connectivity index (χ4v) is 5.12. The average molecular weight is 406 g/mol. The largest absolute Gasteiger partial charge is 0.461 e. The van der Waals surface area contributed by atoms with E-state index in [9.17, 15) is 9.59 Å². The quantitative estimate of drug-likeness (QED) is 0.658. The molecular formula is C21H31N3O3S. The molecule has 0 aliphatic heterocycles. The van der Waals surface area contributed by atoms with Gasteiger partial charge in [0.1, 0.15) is 16.7 Å². The van der Waals surface area contributed by atoms with Crippen molar-refractivity contribution >= 4 is 27.5 Å². The molecule has 7 heteroatoms. The lowest BCUT2D eigenvalue weighted by Gasteiger charge is -2.23. The maximum absolute atomic E-state index is 13.6. The molecule has 6 nitrogen and oxygen atoms in total. The van der Waals surface area contributed by atoms with Crippen LogP contribution in [0.1, 0.15) is 69.8 Å². The summed E-state index contributed by atoms with van der Waals surface area (Å²) in [6, 6.07) is -0.698. The first-order valence-electron chi connectivity index (χ1n) is 10.4. The van der Waals surface area contributed by atoms with Crippen LogP contribution in [0, 0.1) is 0 Å². The Morgan fingerprint density at radius 3 is 2.54 bits per heavy atom. The third-order valence-electron chi connectivity index (χ3n) is 5.43. The predicted octanol–water partition coefficient (Wildman–Crippen LogP) is 3.69. The topological polar surface area (TPSA) is 64.4 Å². The summed E-state index contributed by atoms with van der Waals surface area (Å²) in [4.78, 5) is 35.4. The monoisotopic (exact) mass is 405 g/mol. The molecule has 0 bridgehead atoms. The number of aromatic nitrogens is 2. The molecule has 0 N–H and O–H groups in total. The zero-order valence-corrected chi connectivity index (χ0v) is 18.4. The summed E-state index contributed by atoms with van der Waals surface area (Å²) in [5.74, 6) is 0.260. The predicted molar refractivity (Wildman–Crippen MR) is 113 cm³/mol. The van der Waals surface area contributed by atoms with Gasteiger partial charge in [0.25, 0.3) is 5.56 Å². The van der Waals surface area contributed by atoms with Gasteiger partial charge in [0.2, 0.25) is 0 Å². The van der Waals surface area contributed by atoms with Gasteiger partial charge in [-0.2, -0.15) is 0 Å². The van der Waals surface area contributed by atoms with Crippen molar-refractivity contribution in [3.8, 4) is 0 Å². The Labute approximate surface area is 170 Å². The molecule has 1 aliphatic rings. The minimum atomic E-state index is -0.698. The van der Waals surface area contributed by atoms with Crippen LogP contribution in [0.2, 0.25) is 0 Å². The Hall–Kier alpha value is -1.73. The maximum Gasteiger partial charge on any atom is 0.329 e. The molecule has 0 amide bonds. The van der Waals surface area contributed by atoms with Crippen LogP contribution < -0.4 is 5.56 Å². The molecule has 2 heterocycles. The minimum Gasteiger partial charge on any atom is -0.461 e. The van der Waals surface area contributed by atoms with Gasteiger partial charge in [0, 0.05) is 4.88 Å². The van der Waals surface area contributed by atoms with Crippen LogP contribution in [0.4, 0.5) is 0 Å². The SMILES string of the molecule is CCN(CC)Cc1nc2sc3c(c2c(=O)n1C(C)C(=O)OC(C)C)CCCC3. The average Bonchev–Trinajstić information content (AvgIpc) is 3.03. The smallest absolute Gasteiger partial charge is 0.329 e. The molecule has 1 atom stereocenters. The number of aryl methyl sites for hydroxylation is 2. The van der Waals surface area contributed by atoms with Gasteiger partial charge in [-0.1, -0.05) is 13.8 Å². The minimum absolute atomic E-state index is 0.0974. The van der Waals surface area contributed by atoms with E-state index in [0.29, 0.717) is 17.8 Å². The number of carbonyl (C=O) groups excluding carboxylic acids is 1. The highest BCUT2D eigenvalue weighted by molar-refractivity contribution is 7.18. The van der Waals surface area contributed by atoms with Crippen LogP contribution in [-0.2, 0) is 28.9 Å². The number of rotatable bonds is 7. The Bertz CT molecular complexity index is 912. The van der Waals surface area contributed by atoms with Gasteiger partial charge in [-0.05, 0) is 65.1 Å². The molecule has 1 aliphatic carbocycles. The molecule has 3 rings (SSSR count). The fourth-order valence-electron chi connectivity index (χ4n) is 3.85. The summed E-state index contributed by atoms with van der Waals surface area (Å²) in [5, 5.41) is 0.715. The van der Waals surface area contributed by atoms with Gasteiger partial charge in [-0.3, -0.25) is 14.3 Å². The Balaban J connectivity index is 2.17. The lowest BCUT2D eigenvalue weighted by molar-refractivity contribution is -0.151. The van der Waals surface area contributed by atoms with Crippen molar-refractivity contribution in [2.24, 2.45) is 0 Å². The van der Waals surface area contributed by atoms with Crippen LogP contribution in [-0.4, -0.2) is 39.6 Å². The van der Waals surface area contributed by atoms with Crippen LogP contribution in [0.3, 0.4) is 0 Å². The summed E-state index contributed by atoms with van der Waals surface area (Å²) in [6.45, 7) is 11.8. The van der Waals surface area contributed by atoms with Crippen LogP contribution >= 0.6 is 11.3 Å². The van der Waals surface area contributed by atoms with Crippen molar-refractivity contribution in [1.29, 1.82) is 0 Å². The molecule has 1 unspecified atom stereocenters. The first-order chi connectivity index (χ1) is 13.4. The lowest BCUT2D eigenvalue weighted by Crippen LogP contribution is -2.36. The second kappa shape index (κ2) is 8.74. The number of carbonyl (C=O) groups is 1.